The van der Waals surface area contributed by atoms with E-state index in [-0.39, 0.29) is 36.6 Å². The van der Waals surface area contributed by atoms with Gasteiger partial charge in [0.2, 0.25) is 0 Å². The molecule has 1 aromatic carbocycles. The highest BCUT2D eigenvalue weighted by Gasteiger charge is 2.59. The average Bonchev–Trinajstić information content (AvgIpc) is 3.05. The van der Waals surface area contributed by atoms with Crippen LogP contribution in [0.1, 0.15) is 43.7 Å². The zero-order valence-electron chi connectivity index (χ0n) is 19.5. The van der Waals surface area contributed by atoms with Crippen LogP contribution in [0.25, 0.3) is 0 Å². The molecule has 1 aromatic rings. The first kappa shape index (κ1) is 24.8. The third kappa shape index (κ3) is 4.42. The van der Waals surface area contributed by atoms with Crippen molar-refractivity contribution in [2.24, 2.45) is 10.9 Å². The number of methoxy groups -OCH3 is 1. The molecule has 7 nitrogen and oxygen atoms in total. The number of aliphatic carboxylic acids is 1. The van der Waals surface area contributed by atoms with Crippen LogP contribution in [-0.4, -0.2) is 77.8 Å². The first-order chi connectivity index (χ1) is 15.8. The van der Waals surface area contributed by atoms with Crippen molar-refractivity contribution in [2.45, 2.75) is 56.7 Å². The third-order valence-electron chi connectivity index (χ3n) is 7.54. The minimum atomic E-state index is -0.920. The smallest absolute Gasteiger partial charge is 0.325 e. The number of aliphatic hydroxyl groups excluding tert-OH is 1. The fourth-order valence-corrected chi connectivity index (χ4v) is 7.03. The fourth-order valence-electron chi connectivity index (χ4n) is 6.05. The zero-order chi connectivity index (χ0) is 23.8. The second-order valence-electron chi connectivity index (χ2n) is 9.35. The lowest BCUT2D eigenvalue weighted by Gasteiger charge is -2.45. The van der Waals surface area contributed by atoms with E-state index in [2.05, 4.69) is 45.1 Å². The van der Waals surface area contributed by atoms with Gasteiger partial charge in [-0.2, -0.15) is 11.8 Å². The molecule has 2 aliphatic heterocycles. The summed E-state index contributed by atoms with van der Waals surface area (Å²) in [6.45, 7) is 3.79. The lowest BCUT2D eigenvalue weighted by Crippen LogP contribution is -2.52. The molecule has 9 heteroatoms. The molecule has 4 rings (SSSR count). The summed E-state index contributed by atoms with van der Waals surface area (Å²) in [6.07, 6.45) is 5.19. The van der Waals surface area contributed by atoms with Crippen LogP contribution < -0.4 is 9.47 Å². The molecule has 1 spiro atoms. The van der Waals surface area contributed by atoms with Gasteiger partial charge in [0.05, 0.1) is 13.7 Å². The van der Waals surface area contributed by atoms with E-state index in [1.807, 2.05) is 11.8 Å². The summed E-state index contributed by atoms with van der Waals surface area (Å²) in [5, 5.41) is 19.6. The zero-order valence-corrected chi connectivity index (χ0v) is 21.9. The van der Waals surface area contributed by atoms with Gasteiger partial charge in [0.15, 0.2) is 0 Å². The predicted octanol–water partition coefficient (Wildman–Crippen LogP) is 3.73. The van der Waals surface area contributed by atoms with Gasteiger partial charge in [-0.15, -0.1) is 0 Å². The van der Waals surface area contributed by atoms with Gasteiger partial charge < -0.3 is 19.7 Å². The Hall–Kier alpha value is -1.29. The SMILES string of the molecule is COc1cc2c3c(c1Br)O[C@@H]1CC(=NCC(=O)O)C[C@@H](C)[C@]31C[C@@H](CO)N(CCCSC)C2. The van der Waals surface area contributed by atoms with E-state index in [0.717, 1.165) is 59.8 Å². The van der Waals surface area contributed by atoms with Crippen molar-refractivity contribution in [2.75, 3.05) is 38.8 Å². The Morgan fingerprint density at radius 3 is 2.91 bits per heavy atom. The number of rotatable bonds is 8. The molecule has 0 radical (unpaired) electrons. The highest BCUT2D eigenvalue weighted by Crippen LogP contribution is 2.60. The molecule has 182 valence electrons. The molecular weight excluding hydrogens is 508 g/mol. The van der Waals surface area contributed by atoms with Crippen LogP contribution in [0.2, 0.25) is 0 Å². The van der Waals surface area contributed by atoms with E-state index in [4.69, 9.17) is 14.6 Å². The van der Waals surface area contributed by atoms with Crippen molar-refractivity contribution in [3.63, 3.8) is 0 Å². The second-order valence-corrected chi connectivity index (χ2v) is 11.1. The van der Waals surface area contributed by atoms with E-state index < -0.39 is 5.97 Å². The van der Waals surface area contributed by atoms with Crippen LogP contribution in [0.5, 0.6) is 11.5 Å². The lowest BCUT2D eigenvalue weighted by atomic mass is 9.59. The summed E-state index contributed by atoms with van der Waals surface area (Å²) < 4.78 is 13.1. The molecule has 4 atom stereocenters. The van der Waals surface area contributed by atoms with Crippen LogP contribution >= 0.6 is 27.7 Å². The third-order valence-corrected chi connectivity index (χ3v) is 8.98. The van der Waals surface area contributed by atoms with Gasteiger partial charge in [-0.3, -0.25) is 14.7 Å². The van der Waals surface area contributed by atoms with Gasteiger partial charge in [0.25, 0.3) is 0 Å². The minimum absolute atomic E-state index is 0.0287. The average molecular weight is 542 g/mol. The van der Waals surface area contributed by atoms with E-state index >= 15 is 0 Å². The topological polar surface area (TPSA) is 91.6 Å². The van der Waals surface area contributed by atoms with E-state index in [1.165, 1.54) is 11.1 Å². The molecule has 33 heavy (non-hydrogen) atoms. The lowest BCUT2D eigenvalue weighted by molar-refractivity contribution is -0.135. The molecule has 1 fully saturated rings. The van der Waals surface area contributed by atoms with Crippen LogP contribution in [0.15, 0.2) is 15.5 Å². The normalized spacial score (nSPS) is 29.8. The van der Waals surface area contributed by atoms with E-state index in [1.54, 1.807) is 7.11 Å². The maximum Gasteiger partial charge on any atom is 0.325 e. The van der Waals surface area contributed by atoms with Crippen LogP contribution in [-0.2, 0) is 16.8 Å². The van der Waals surface area contributed by atoms with Crippen LogP contribution in [0, 0.1) is 5.92 Å². The molecule has 2 heterocycles. The number of aliphatic hydroxyl groups is 1. The standard InChI is InChI=1S/C24H33BrN2O5S/c1-14-7-16(26-11-20(29)30)9-19-24(14)10-17(13-28)27(5-4-6-33-3)12-15-8-18(31-2)22(25)23(32-19)21(15)24/h8,14,17,19,28H,4-7,9-13H2,1-3H3,(H,29,30)/t14-,17+,19-,24+/m1/s1. The summed E-state index contributed by atoms with van der Waals surface area (Å²) >= 11 is 5.57. The number of aliphatic imine (C=N–C) groups is 1. The van der Waals surface area contributed by atoms with Crippen molar-refractivity contribution in [3.8, 4) is 11.5 Å². The fraction of sp³-hybridized carbons (Fsp3) is 0.667. The van der Waals surface area contributed by atoms with Gasteiger partial charge in [0.1, 0.15) is 28.6 Å². The van der Waals surface area contributed by atoms with Gasteiger partial charge in [-0.05, 0) is 71.3 Å². The largest absolute Gasteiger partial charge is 0.495 e. The molecule has 3 aliphatic rings. The van der Waals surface area contributed by atoms with Gasteiger partial charge in [0, 0.05) is 35.7 Å². The monoisotopic (exact) mass is 540 g/mol. The number of carboxylic acid groups (broad SMARTS) is 1. The number of benzene rings is 1. The Morgan fingerprint density at radius 2 is 2.24 bits per heavy atom. The number of thioether (sulfide) groups is 1. The number of halogens is 1. The molecule has 0 unspecified atom stereocenters. The number of ether oxygens (including phenoxy) is 2. The van der Waals surface area contributed by atoms with Crippen molar-refractivity contribution < 1.29 is 24.5 Å². The molecule has 0 amide bonds. The van der Waals surface area contributed by atoms with Crippen LogP contribution in [0.4, 0.5) is 0 Å². The van der Waals surface area contributed by atoms with E-state index in [9.17, 15) is 9.90 Å². The molecule has 1 aliphatic carbocycles. The van der Waals surface area contributed by atoms with Crippen LogP contribution in [0.3, 0.4) is 0 Å². The molecule has 1 saturated carbocycles. The Balaban J connectivity index is 1.80. The van der Waals surface area contributed by atoms with Crippen molar-refractivity contribution in [1.82, 2.24) is 4.90 Å². The molecular formula is C24H33BrN2O5S. The van der Waals surface area contributed by atoms with E-state index in [0.29, 0.717) is 6.42 Å². The summed E-state index contributed by atoms with van der Waals surface area (Å²) in [4.78, 5) is 17.9. The number of nitrogens with zero attached hydrogens (tertiary/aromatic N) is 2. The first-order valence-electron chi connectivity index (χ1n) is 11.5. The first-order valence-corrected chi connectivity index (χ1v) is 13.7. The van der Waals surface area contributed by atoms with Crippen molar-refractivity contribution in [1.29, 1.82) is 0 Å². The molecule has 2 N–H and O–H groups in total. The number of hydrogen-bond acceptors (Lipinski definition) is 7. The Morgan fingerprint density at radius 1 is 1.45 bits per heavy atom. The van der Waals surface area contributed by atoms with Crippen molar-refractivity contribution in [3.05, 3.63) is 21.7 Å². The second kappa shape index (κ2) is 10.1. The predicted molar refractivity (Wildman–Crippen MR) is 134 cm³/mol. The summed E-state index contributed by atoms with van der Waals surface area (Å²) in [7, 11) is 1.67. The highest BCUT2D eigenvalue weighted by atomic mass is 79.9. The summed E-state index contributed by atoms with van der Waals surface area (Å²) in [5.74, 6) is 1.95. The Labute approximate surface area is 208 Å². The summed E-state index contributed by atoms with van der Waals surface area (Å²) in [5.41, 5.74) is 3.07. The summed E-state index contributed by atoms with van der Waals surface area (Å²) in [6, 6.07) is 2.15. The maximum atomic E-state index is 11.1. The van der Waals surface area contributed by atoms with Crippen molar-refractivity contribution >= 4 is 39.4 Å². The Bertz CT molecular complexity index is 942. The number of hydrogen-bond donors (Lipinski definition) is 2. The quantitative estimate of drug-likeness (QED) is 0.485. The number of carbonyl (C=O) groups is 1. The maximum absolute atomic E-state index is 11.1. The molecule has 0 aromatic heterocycles. The van der Waals surface area contributed by atoms with Gasteiger partial charge >= 0.3 is 5.97 Å². The molecule has 0 bridgehead atoms. The Kier molecular flexibility index (Phi) is 7.63. The van der Waals surface area contributed by atoms with Gasteiger partial charge in [-0.25, -0.2) is 0 Å². The number of carboxylic acids is 1. The van der Waals surface area contributed by atoms with Gasteiger partial charge in [-0.1, -0.05) is 6.92 Å². The highest BCUT2D eigenvalue weighted by molar-refractivity contribution is 9.10. The minimum Gasteiger partial charge on any atom is -0.495 e. The molecule has 0 saturated heterocycles.